The molecule has 2 fully saturated rings. The minimum Gasteiger partial charge on any atom is -0.377 e. The quantitative estimate of drug-likeness (QED) is 0.661. The normalized spacial score (nSPS) is 33.0. The molecule has 17 heavy (non-hydrogen) atoms. The molecule has 0 saturated heterocycles. The van der Waals surface area contributed by atoms with E-state index in [-0.39, 0.29) is 0 Å². The van der Waals surface area contributed by atoms with Gasteiger partial charge in [0.2, 0.25) is 0 Å². The van der Waals surface area contributed by atoms with Crippen molar-refractivity contribution in [1.29, 1.82) is 0 Å². The lowest BCUT2D eigenvalue weighted by molar-refractivity contribution is 0.0115. The van der Waals surface area contributed by atoms with Crippen LogP contribution in [0.1, 0.15) is 70.6 Å². The van der Waals surface area contributed by atoms with Gasteiger partial charge in [-0.2, -0.15) is 0 Å². The first-order chi connectivity index (χ1) is 8.36. The van der Waals surface area contributed by atoms with Crippen LogP contribution in [0.15, 0.2) is 0 Å². The van der Waals surface area contributed by atoms with Gasteiger partial charge in [0.25, 0.3) is 0 Å². The van der Waals surface area contributed by atoms with Crippen molar-refractivity contribution in [3.8, 4) is 0 Å². The van der Waals surface area contributed by atoms with Gasteiger partial charge in [0.15, 0.2) is 0 Å². The highest BCUT2D eigenvalue weighted by Gasteiger charge is 2.22. The van der Waals surface area contributed by atoms with E-state index in [4.69, 9.17) is 4.74 Å². The zero-order chi connectivity index (χ0) is 11.9. The van der Waals surface area contributed by atoms with Crippen LogP contribution in [-0.2, 0) is 4.74 Å². The van der Waals surface area contributed by atoms with E-state index in [1.54, 1.807) is 0 Å². The number of hydrogen-bond acceptors (Lipinski definition) is 1. The largest absolute Gasteiger partial charge is 0.377 e. The molecule has 0 amide bonds. The monoisotopic (exact) mass is 302 g/mol. The molecule has 2 atom stereocenters. The van der Waals surface area contributed by atoms with Gasteiger partial charge in [0, 0.05) is 11.4 Å². The molecule has 2 unspecified atom stereocenters. The van der Waals surface area contributed by atoms with Crippen molar-refractivity contribution in [2.75, 3.05) is 6.61 Å². The molecule has 100 valence electrons. The second kappa shape index (κ2) is 7.78. The Morgan fingerprint density at radius 2 is 1.35 bits per heavy atom. The van der Waals surface area contributed by atoms with Crippen LogP contribution < -0.4 is 0 Å². The molecule has 2 saturated carbocycles. The summed E-state index contributed by atoms with van der Waals surface area (Å²) < 4.78 is 6.22. The smallest absolute Gasteiger partial charge is 0.0700 e. The molecule has 0 aromatic heterocycles. The summed E-state index contributed by atoms with van der Waals surface area (Å²) in [6.45, 7) is 1.02. The molecule has 2 aliphatic carbocycles. The second-order valence-electron chi connectivity index (χ2n) is 5.88. The molecular weight excluding hydrogens is 276 g/mol. The summed E-state index contributed by atoms with van der Waals surface area (Å²) in [6.07, 6.45) is 15.7. The molecule has 2 heteroatoms. The van der Waals surface area contributed by atoms with E-state index in [1.165, 1.54) is 70.6 Å². The van der Waals surface area contributed by atoms with Crippen LogP contribution in [-0.4, -0.2) is 17.5 Å². The minimum absolute atomic E-state index is 0.484. The third-order valence-corrected chi connectivity index (χ3v) is 5.44. The van der Waals surface area contributed by atoms with E-state index in [2.05, 4.69) is 15.9 Å². The van der Waals surface area contributed by atoms with Crippen molar-refractivity contribution in [3.63, 3.8) is 0 Å². The molecular formula is C15H27BrO. The lowest BCUT2D eigenvalue weighted by Crippen LogP contribution is -2.28. The van der Waals surface area contributed by atoms with Crippen LogP contribution in [0.4, 0.5) is 0 Å². The van der Waals surface area contributed by atoms with Crippen molar-refractivity contribution in [2.24, 2.45) is 5.92 Å². The zero-order valence-corrected chi connectivity index (χ0v) is 12.6. The van der Waals surface area contributed by atoms with Gasteiger partial charge in [-0.3, -0.25) is 0 Å². The lowest BCUT2D eigenvalue weighted by atomic mass is 9.90. The van der Waals surface area contributed by atoms with E-state index in [9.17, 15) is 0 Å². The van der Waals surface area contributed by atoms with Gasteiger partial charge >= 0.3 is 0 Å². The predicted octanol–water partition coefficient (Wildman–Crippen LogP) is 5.07. The molecule has 0 aromatic rings. The summed E-state index contributed by atoms with van der Waals surface area (Å²) in [7, 11) is 0. The third-order valence-electron chi connectivity index (χ3n) is 4.39. The van der Waals surface area contributed by atoms with Crippen LogP contribution >= 0.6 is 15.9 Å². The maximum absolute atomic E-state index is 6.22. The van der Waals surface area contributed by atoms with Gasteiger partial charge in [0.1, 0.15) is 0 Å². The molecule has 0 N–H and O–H groups in total. The average Bonchev–Trinajstić information content (AvgIpc) is 2.35. The first kappa shape index (κ1) is 13.9. The van der Waals surface area contributed by atoms with Gasteiger partial charge in [-0.25, -0.2) is 0 Å². The lowest BCUT2D eigenvalue weighted by Gasteiger charge is -2.28. The molecule has 0 aliphatic heterocycles. The number of rotatable bonds is 3. The van der Waals surface area contributed by atoms with E-state index in [0.29, 0.717) is 10.9 Å². The fourth-order valence-corrected chi connectivity index (χ4v) is 3.95. The Morgan fingerprint density at radius 3 is 2.12 bits per heavy atom. The van der Waals surface area contributed by atoms with Crippen LogP contribution in [0.2, 0.25) is 0 Å². The summed E-state index contributed by atoms with van der Waals surface area (Å²) in [6, 6.07) is 0. The second-order valence-corrected chi connectivity index (χ2v) is 7.06. The van der Waals surface area contributed by atoms with Gasteiger partial charge in [-0.15, -0.1) is 0 Å². The number of hydrogen-bond donors (Lipinski definition) is 0. The SMILES string of the molecule is BrC1CCCCCCC1OCC1CCCCC1. The highest BCUT2D eigenvalue weighted by atomic mass is 79.9. The van der Waals surface area contributed by atoms with E-state index >= 15 is 0 Å². The first-order valence-corrected chi connectivity index (χ1v) is 8.53. The molecule has 2 aliphatic rings. The molecule has 0 spiro atoms. The summed E-state index contributed by atoms with van der Waals surface area (Å²) in [5, 5.41) is 0. The van der Waals surface area contributed by atoms with Crippen molar-refractivity contribution < 1.29 is 4.74 Å². The summed E-state index contributed by atoms with van der Waals surface area (Å²) in [5.74, 6) is 0.855. The van der Waals surface area contributed by atoms with E-state index < -0.39 is 0 Å². The molecule has 2 rings (SSSR count). The van der Waals surface area contributed by atoms with Crippen molar-refractivity contribution >= 4 is 15.9 Å². The number of halogens is 1. The number of alkyl halides is 1. The topological polar surface area (TPSA) is 9.23 Å². The Balaban J connectivity index is 1.71. The molecule has 0 heterocycles. The fraction of sp³-hybridized carbons (Fsp3) is 1.00. The maximum atomic E-state index is 6.22. The maximum Gasteiger partial charge on any atom is 0.0700 e. The van der Waals surface area contributed by atoms with E-state index in [1.807, 2.05) is 0 Å². The molecule has 1 nitrogen and oxygen atoms in total. The molecule has 0 bridgehead atoms. The predicted molar refractivity (Wildman–Crippen MR) is 76.7 cm³/mol. The van der Waals surface area contributed by atoms with Crippen LogP contribution in [0, 0.1) is 5.92 Å². The van der Waals surface area contributed by atoms with Gasteiger partial charge in [-0.05, 0) is 31.6 Å². The Labute approximate surface area is 115 Å². The van der Waals surface area contributed by atoms with Gasteiger partial charge in [-0.1, -0.05) is 60.9 Å². The molecule has 0 radical (unpaired) electrons. The highest BCUT2D eigenvalue weighted by Crippen LogP contribution is 2.28. The first-order valence-electron chi connectivity index (χ1n) is 7.62. The Morgan fingerprint density at radius 1 is 0.765 bits per heavy atom. The molecule has 0 aromatic carbocycles. The van der Waals surface area contributed by atoms with Crippen molar-refractivity contribution in [1.82, 2.24) is 0 Å². The Kier molecular flexibility index (Phi) is 6.35. The fourth-order valence-electron chi connectivity index (χ4n) is 3.21. The average molecular weight is 303 g/mol. The summed E-state index contributed by atoms with van der Waals surface area (Å²) in [5.41, 5.74) is 0. The van der Waals surface area contributed by atoms with E-state index in [0.717, 1.165) is 12.5 Å². The van der Waals surface area contributed by atoms with Crippen molar-refractivity contribution in [3.05, 3.63) is 0 Å². The summed E-state index contributed by atoms with van der Waals surface area (Å²) in [4.78, 5) is 0.603. The number of ether oxygens (including phenoxy) is 1. The van der Waals surface area contributed by atoms with Crippen LogP contribution in [0.5, 0.6) is 0 Å². The van der Waals surface area contributed by atoms with Crippen LogP contribution in [0.3, 0.4) is 0 Å². The third kappa shape index (κ3) is 4.90. The Bertz CT molecular complexity index is 201. The van der Waals surface area contributed by atoms with Crippen molar-refractivity contribution in [2.45, 2.75) is 81.6 Å². The van der Waals surface area contributed by atoms with Gasteiger partial charge < -0.3 is 4.74 Å². The highest BCUT2D eigenvalue weighted by molar-refractivity contribution is 9.09. The van der Waals surface area contributed by atoms with Gasteiger partial charge in [0.05, 0.1) is 6.10 Å². The summed E-state index contributed by atoms with van der Waals surface area (Å²) >= 11 is 3.84. The standard InChI is InChI=1S/C15H27BrO/c16-14-10-6-1-2-7-11-15(14)17-12-13-8-4-3-5-9-13/h13-15H,1-12H2. The minimum atomic E-state index is 0.484. The zero-order valence-electron chi connectivity index (χ0n) is 11.0. The van der Waals surface area contributed by atoms with Crippen LogP contribution in [0.25, 0.3) is 0 Å². The Hall–Kier alpha value is 0.440.